The first kappa shape index (κ1) is 14.1. The molecule has 4 heteroatoms. The largest absolute Gasteiger partial charge is 0.353 e. The Morgan fingerprint density at radius 3 is 2.95 bits per heavy atom. The lowest BCUT2D eigenvalue weighted by Crippen LogP contribution is -2.26. The van der Waals surface area contributed by atoms with E-state index in [0.717, 1.165) is 25.8 Å². The SMILES string of the molecule is CCCC(NC)c1ccn(CCC(=O)NC2CC2)c1. The summed E-state index contributed by atoms with van der Waals surface area (Å²) < 4.78 is 2.11. The molecule has 4 nitrogen and oxygen atoms in total. The molecule has 19 heavy (non-hydrogen) atoms. The number of hydrogen-bond acceptors (Lipinski definition) is 2. The number of carbonyl (C=O) groups excluding carboxylic acids is 1. The maximum absolute atomic E-state index is 11.6. The molecule has 1 atom stereocenters. The van der Waals surface area contributed by atoms with Crippen LogP contribution in [-0.2, 0) is 11.3 Å². The highest BCUT2D eigenvalue weighted by molar-refractivity contribution is 5.76. The van der Waals surface area contributed by atoms with Crippen LogP contribution in [0.4, 0.5) is 0 Å². The number of aryl methyl sites for hydroxylation is 1. The molecule has 106 valence electrons. The van der Waals surface area contributed by atoms with E-state index < -0.39 is 0 Å². The topological polar surface area (TPSA) is 46.1 Å². The molecular weight excluding hydrogens is 238 g/mol. The Morgan fingerprint density at radius 1 is 1.53 bits per heavy atom. The number of aromatic nitrogens is 1. The minimum atomic E-state index is 0.177. The van der Waals surface area contributed by atoms with Crippen molar-refractivity contribution < 1.29 is 4.79 Å². The van der Waals surface area contributed by atoms with Crippen LogP contribution in [0.3, 0.4) is 0 Å². The predicted molar refractivity (Wildman–Crippen MR) is 76.9 cm³/mol. The maximum Gasteiger partial charge on any atom is 0.222 e. The van der Waals surface area contributed by atoms with Gasteiger partial charge in [-0.15, -0.1) is 0 Å². The third-order valence-corrected chi connectivity index (χ3v) is 3.64. The molecule has 0 radical (unpaired) electrons. The fraction of sp³-hybridized carbons (Fsp3) is 0.667. The molecule has 1 unspecified atom stereocenters. The molecule has 1 fully saturated rings. The smallest absolute Gasteiger partial charge is 0.222 e. The van der Waals surface area contributed by atoms with Gasteiger partial charge in [0.15, 0.2) is 0 Å². The molecule has 2 rings (SSSR count). The summed E-state index contributed by atoms with van der Waals surface area (Å²) in [5, 5.41) is 6.36. The fourth-order valence-electron chi connectivity index (χ4n) is 2.33. The molecule has 1 saturated carbocycles. The molecule has 1 aromatic heterocycles. The van der Waals surface area contributed by atoms with Gasteiger partial charge in [0.05, 0.1) is 0 Å². The molecule has 1 aliphatic carbocycles. The molecule has 1 aromatic rings. The summed E-state index contributed by atoms with van der Waals surface area (Å²) in [6.07, 6.45) is 9.41. The molecule has 1 amide bonds. The number of rotatable bonds is 8. The summed E-state index contributed by atoms with van der Waals surface area (Å²) in [5.74, 6) is 0.177. The molecule has 0 saturated heterocycles. The Labute approximate surface area is 115 Å². The Morgan fingerprint density at radius 2 is 2.32 bits per heavy atom. The molecule has 1 heterocycles. The van der Waals surface area contributed by atoms with E-state index in [1.54, 1.807) is 0 Å². The van der Waals surface area contributed by atoms with Gasteiger partial charge < -0.3 is 15.2 Å². The van der Waals surface area contributed by atoms with Crippen LogP contribution in [0.5, 0.6) is 0 Å². The quantitative estimate of drug-likeness (QED) is 0.755. The highest BCUT2D eigenvalue weighted by atomic mass is 16.1. The van der Waals surface area contributed by atoms with Gasteiger partial charge in [0.1, 0.15) is 0 Å². The Balaban J connectivity index is 1.80. The standard InChI is InChI=1S/C15H25N3O/c1-3-4-14(16-2)12-7-9-18(11-12)10-8-15(19)17-13-5-6-13/h7,9,11,13-14,16H,3-6,8,10H2,1-2H3,(H,17,19). The van der Waals surface area contributed by atoms with Crippen molar-refractivity contribution in [3.05, 3.63) is 24.0 Å². The third-order valence-electron chi connectivity index (χ3n) is 3.64. The lowest BCUT2D eigenvalue weighted by atomic mass is 10.1. The maximum atomic E-state index is 11.6. The molecule has 0 spiro atoms. The van der Waals surface area contributed by atoms with E-state index in [0.29, 0.717) is 18.5 Å². The zero-order chi connectivity index (χ0) is 13.7. The van der Waals surface area contributed by atoms with Gasteiger partial charge in [-0.1, -0.05) is 13.3 Å². The van der Waals surface area contributed by atoms with Crippen molar-refractivity contribution in [3.8, 4) is 0 Å². The van der Waals surface area contributed by atoms with E-state index >= 15 is 0 Å². The zero-order valence-electron chi connectivity index (χ0n) is 12.0. The van der Waals surface area contributed by atoms with Crippen molar-refractivity contribution in [1.29, 1.82) is 0 Å². The fourth-order valence-corrected chi connectivity index (χ4v) is 2.33. The van der Waals surface area contributed by atoms with E-state index in [-0.39, 0.29) is 5.91 Å². The summed E-state index contributed by atoms with van der Waals surface area (Å²) in [7, 11) is 2.00. The molecule has 0 aliphatic heterocycles. The number of nitrogens with one attached hydrogen (secondary N) is 2. The van der Waals surface area contributed by atoms with E-state index in [1.807, 2.05) is 7.05 Å². The van der Waals surface area contributed by atoms with Crippen LogP contribution in [-0.4, -0.2) is 23.6 Å². The number of carbonyl (C=O) groups is 1. The van der Waals surface area contributed by atoms with E-state index in [4.69, 9.17) is 0 Å². The van der Waals surface area contributed by atoms with Crippen LogP contribution in [0, 0.1) is 0 Å². The summed E-state index contributed by atoms with van der Waals surface area (Å²) in [5.41, 5.74) is 1.31. The van der Waals surface area contributed by atoms with Gasteiger partial charge in [0.25, 0.3) is 0 Å². The van der Waals surface area contributed by atoms with Gasteiger partial charge in [-0.05, 0) is 37.9 Å². The van der Waals surface area contributed by atoms with Crippen LogP contribution < -0.4 is 10.6 Å². The lowest BCUT2D eigenvalue weighted by molar-refractivity contribution is -0.121. The van der Waals surface area contributed by atoms with Crippen molar-refractivity contribution in [2.24, 2.45) is 0 Å². The third kappa shape index (κ3) is 4.39. The summed E-state index contributed by atoms with van der Waals surface area (Å²) >= 11 is 0. The van der Waals surface area contributed by atoms with Crippen molar-refractivity contribution in [2.45, 2.75) is 57.7 Å². The van der Waals surface area contributed by atoms with Crippen LogP contribution >= 0.6 is 0 Å². The Kier molecular flexibility index (Phi) is 5.02. The molecule has 0 aromatic carbocycles. The second kappa shape index (κ2) is 6.75. The van der Waals surface area contributed by atoms with Gasteiger partial charge in [0.2, 0.25) is 5.91 Å². The molecule has 0 bridgehead atoms. The zero-order valence-corrected chi connectivity index (χ0v) is 12.0. The van der Waals surface area contributed by atoms with Crippen LogP contribution in [0.2, 0.25) is 0 Å². The van der Waals surface area contributed by atoms with E-state index in [2.05, 4.69) is 40.6 Å². The van der Waals surface area contributed by atoms with Crippen molar-refractivity contribution >= 4 is 5.91 Å². The number of hydrogen-bond donors (Lipinski definition) is 2. The van der Waals surface area contributed by atoms with Crippen LogP contribution in [0.25, 0.3) is 0 Å². The van der Waals surface area contributed by atoms with Crippen molar-refractivity contribution in [2.75, 3.05) is 7.05 Å². The molecule has 2 N–H and O–H groups in total. The second-order valence-electron chi connectivity index (χ2n) is 5.40. The average molecular weight is 263 g/mol. The minimum Gasteiger partial charge on any atom is -0.353 e. The first-order valence-corrected chi connectivity index (χ1v) is 7.35. The van der Waals surface area contributed by atoms with E-state index in [9.17, 15) is 4.79 Å². The van der Waals surface area contributed by atoms with Gasteiger partial charge >= 0.3 is 0 Å². The molecular formula is C15H25N3O. The monoisotopic (exact) mass is 263 g/mol. The first-order chi connectivity index (χ1) is 9.22. The van der Waals surface area contributed by atoms with Crippen LogP contribution in [0.15, 0.2) is 18.5 Å². The highest BCUT2D eigenvalue weighted by Gasteiger charge is 2.22. The lowest BCUT2D eigenvalue weighted by Gasteiger charge is -2.13. The molecule has 1 aliphatic rings. The minimum absolute atomic E-state index is 0.177. The summed E-state index contributed by atoms with van der Waals surface area (Å²) in [6, 6.07) is 3.03. The van der Waals surface area contributed by atoms with Gasteiger partial charge in [-0.3, -0.25) is 4.79 Å². The van der Waals surface area contributed by atoms with E-state index in [1.165, 1.54) is 12.0 Å². The van der Waals surface area contributed by atoms with Gasteiger partial charge in [0, 0.05) is 37.4 Å². The number of amides is 1. The summed E-state index contributed by atoms with van der Waals surface area (Å²) in [4.78, 5) is 11.6. The Bertz CT molecular complexity index is 409. The predicted octanol–water partition coefficient (Wildman–Crippen LogP) is 2.22. The average Bonchev–Trinajstić information content (AvgIpc) is 3.09. The van der Waals surface area contributed by atoms with Crippen molar-refractivity contribution in [1.82, 2.24) is 15.2 Å². The summed E-state index contributed by atoms with van der Waals surface area (Å²) in [6.45, 7) is 2.96. The first-order valence-electron chi connectivity index (χ1n) is 7.35. The second-order valence-corrected chi connectivity index (χ2v) is 5.40. The van der Waals surface area contributed by atoms with Gasteiger partial charge in [-0.2, -0.15) is 0 Å². The highest BCUT2D eigenvalue weighted by Crippen LogP contribution is 2.19. The Hall–Kier alpha value is -1.29. The number of nitrogens with zero attached hydrogens (tertiary/aromatic N) is 1. The van der Waals surface area contributed by atoms with Gasteiger partial charge in [-0.25, -0.2) is 0 Å². The van der Waals surface area contributed by atoms with Crippen molar-refractivity contribution in [3.63, 3.8) is 0 Å². The van der Waals surface area contributed by atoms with Crippen LogP contribution in [0.1, 0.15) is 50.6 Å². The normalized spacial score (nSPS) is 16.3.